The summed E-state index contributed by atoms with van der Waals surface area (Å²) in [7, 11) is 0. The van der Waals surface area contributed by atoms with Crippen molar-refractivity contribution in [3.63, 3.8) is 0 Å². The lowest BCUT2D eigenvalue weighted by Gasteiger charge is -2.37. The van der Waals surface area contributed by atoms with Crippen LogP contribution in [0.2, 0.25) is 0 Å². The molecule has 0 saturated carbocycles. The van der Waals surface area contributed by atoms with Crippen LogP contribution in [0.5, 0.6) is 0 Å². The monoisotopic (exact) mass is 611 g/mol. The van der Waals surface area contributed by atoms with Crippen LogP contribution < -0.4 is 5.32 Å². The number of aliphatic hydroxyl groups is 1. The van der Waals surface area contributed by atoms with Crippen LogP contribution in [0, 0.1) is 11.8 Å². The van der Waals surface area contributed by atoms with E-state index in [9.17, 15) is 24.3 Å². The molecule has 3 rings (SSSR count). The first-order chi connectivity index (χ1) is 18.7. The maximum atomic E-state index is 14.0. The van der Waals surface area contributed by atoms with Crippen molar-refractivity contribution in [2.75, 3.05) is 32.8 Å². The quantitative estimate of drug-likeness (QED) is 0.118. The smallest absolute Gasteiger partial charge is 0.312 e. The van der Waals surface area contributed by atoms with Crippen LogP contribution in [0.15, 0.2) is 25.3 Å². The van der Waals surface area contributed by atoms with Gasteiger partial charge in [0.05, 0.1) is 31.1 Å². The van der Waals surface area contributed by atoms with Crippen molar-refractivity contribution in [1.29, 1.82) is 0 Å². The summed E-state index contributed by atoms with van der Waals surface area (Å²) in [5.41, 5.74) is -1.21. The van der Waals surface area contributed by atoms with Crippen LogP contribution >= 0.6 is 15.9 Å². The van der Waals surface area contributed by atoms with E-state index in [4.69, 9.17) is 9.47 Å². The fraction of sp³-hybridized carbons (Fsp3) is 0.714. The first-order valence-corrected chi connectivity index (χ1v) is 14.8. The number of unbranched alkanes of at least 4 members (excludes halogenated alkanes) is 2. The highest BCUT2D eigenvalue weighted by Crippen LogP contribution is 2.60. The molecule has 7 atom stereocenters. The average molecular weight is 613 g/mol. The number of aliphatic hydroxyl groups excluding tert-OH is 1. The molecule has 0 aromatic heterocycles. The molecule has 0 aromatic carbocycles. The van der Waals surface area contributed by atoms with Gasteiger partial charge >= 0.3 is 5.97 Å². The van der Waals surface area contributed by atoms with E-state index in [2.05, 4.69) is 41.3 Å². The Labute approximate surface area is 239 Å². The van der Waals surface area contributed by atoms with Crippen LogP contribution in [0.3, 0.4) is 0 Å². The van der Waals surface area contributed by atoms with Gasteiger partial charge in [0.25, 0.3) is 0 Å². The maximum Gasteiger partial charge on any atom is 0.312 e. The number of amides is 3. The lowest BCUT2D eigenvalue weighted by molar-refractivity contribution is -0.159. The van der Waals surface area contributed by atoms with E-state index in [0.29, 0.717) is 32.4 Å². The molecule has 2 N–H and O–H groups in total. The van der Waals surface area contributed by atoms with Crippen molar-refractivity contribution >= 4 is 39.6 Å². The van der Waals surface area contributed by atoms with Gasteiger partial charge in [-0.05, 0) is 26.2 Å². The van der Waals surface area contributed by atoms with Crippen LogP contribution in [-0.2, 0) is 28.7 Å². The van der Waals surface area contributed by atoms with Crippen molar-refractivity contribution in [1.82, 2.24) is 15.1 Å². The van der Waals surface area contributed by atoms with Crippen molar-refractivity contribution in [2.45, 2.75) is 81.1 Å². The minimum Gasteiger partial charge on any atom is -0.460 e. The summed E-state index contributed by atoms with van der Waals surface area (Å²) < 4.78 is 12.1. The molecular weight excluding hydrogens is 570 g/mol. The zero-order valence-electron chi connectivity index (χ0n) is 23.0. The Bertz CT molecular complexity index is 946. The van der Waals surface area contributed by atoms with E-state index in [-0.39, 0.29) is 42.2 Å². The number of allylic oxidation sites excluding steroid dienone is 1. The average Bonchev–Trinajstić information content (AvgIpc) is 3.49. The van der Waals surface area contributed by atoms with Crippen molar-refractivity contribution in [3.8, 4) is 0 Å². The van der Waals surface area contributed by atoms with Crippen LogP contribution in [0.25, 0.3) is 0 Å². The molecule has 1 spiro atoms. The molecule has 10 nitrogen and oxygen atoms in total. The predicted molar refractivity (Wildman–Crippen MR) is 149 cm³/mol. The Morgan fingerprint density at radius 1 is 1.33 bits per heavy atom. The number of alkyl halides is 1. The Kier molecular flexibility index (Phi) is 11.1. The number of halogens is 1. The third kappa shape index (κ3) is 6.41. The molecule has 0 aliphatic carbocycles. The van der Waals surface area contributed by atoms with Gasteiger partial charge in [0.2, 0.25) is 17.7 Å². The third-order valence-corrected chi connectivity index (χ3v) is 8.65. The van der Waals surface area contributed by atoms with Crippen LogP contribution in [-0.4, -0.2) is 100 Å². The van der Waals surface area contributed by atoms with Crippen molar-refractivity contribution < 1.29 is 33.8 Å². The first kappa shape index (κ1) is 31.3. The number of nitrogens with zero attached hydrogens (tertiary/aromatic N) is 2. The van der Waals surface area contributed by atoms with Gasteiger partial charge < -0.3 is 29.7 Å². The molecule has 218 valence electrons. The Balaban J connectivity index is 1.83. The van der Waals surface area contributed by atoms with Gasteiger partial charge in [-0.15, -0.1) is 13.2 Å². The molecule has 3 fully saturated rings. The minimum atomic E-state index is -1.21. The number of hydrogen-bond acceptors (Lipinski definition) is 7. The standard InChI is InChI=1S/C28H42BrN3O7/c1-5-8-10-13-31(12-7-3)26(36)24-28-16-19(29)23(39-28)21(22(28)25(35)32(24)14-15-33)27(37)38-18(4)17-30-20(34)11-9-6-2/h6-7,18-19,21-24,33H,2-3,5,8-17H2,1,4H3,(H,30,34)/t18-,19?,21-,22+,23-,24-,28+/m0/s1. The van der Waals surface area contributed by atoms with Crippen molar-refractivity contribution in [3.05, 3.63) is 25.3 Å². The third-order valence-electron chi connectivity index (χ3n) is 7.81. The fourth-order valence-electron chi connectivity index (χ4n) is 6.10. The van der Waals surface area contributed by atoms with E-state index >= 15 is 0 Å². The Hall–Kier alpha value is -2.24. The number of fused-ring (bicyclic) bond motifs is 1. The molecule has 0 aromatic rings. The number of rotatable bonds is 16. The molecule has 1 unspecified atom stereocenters. The summed E-state index contributed by atoms with van der Waals surface area (Å²) in [5, 5.41) is 12.5. The molecule has 3 heterocycles. The highest BCUT2D eigenvalue weighted by molar-refractivity contribution is 9.09. The molecule has 3 aliphatic rings. The second kappa shape index (κ2) is 13.9. The molecule has 3 saturated heterocycles. The van der Waals surface area contributed by atoms with Gasteiger partial charge in [-0.1, -0.05) is 47.8 Å². The topological polar surface area (TPSA) is 125 Å². The highest BCUT2D eigenvalue weighted by atomic mass is 79.9. The summed E-state index contributed by atoms with van der Waals surface area (Å²) in [6.45, 7) is 11.7. The van der Waals surface area contributed by atoms with Gasteiger partial charge in [0, 0.05) is 30.9 Å². The number of β-amino-alcohol motifs (C(OH)–C–C–N with tert-alkyl or cyclic N) is 1. The van der Waals surface area contributed by atoms with Gasteiger partial charge in [0.15, 0.2) is 0 Å². The number of nitrogens with one attached hydrogen (secondary N) is 1. The Morgan fingerprint density at radius 2 is 2.08 bits per heavy atom. The normalized spacial score (nSPS) is 29.6. The summed E-state index contributed by atoms with van der Waals surface area (Å²) in [5.74, 6) is -3.24. The van der Waals surface area contributed by atoms with E-state index in [1.165, 1.54) is 4.90 Å². The van der Waals surface area contributed by atoms with Gasteiger partial charge in [-0.2, -0.15) is 0 Å². The van der Waals surface area contributed by atoms with Gasteiger partial charge in [0.1, 0.15) is 17.7 Å². The second-order valence-corrected chi connectivity index (χ2v) is 11.8. The Morgan fingerprint density at radius 3 is 2.72 bits per heavy atom. The molecule has 3 amide bonds. The number of carbonyl (C=O) groups excluding carboxylic acids is 4. The number of likely N-dealkylation sites (tertiary alicyclic amines) is 1. The van der Waals surface area contributed by atoms with Crippen molar-refractivity contribution in [2.24, 2.45) is 11.8 Å². The first-order valence-electron chi connectivity index (χ1n) is 13.9. The minimum absolute atomic E-state index is 0.0414. The van der Waals surface area contributed by atoms with E-state index in [1.807, 2.05) is 0 Å². The highest BCUT2D eigenvalue weighted by Gasteiger charge is 2.77. The molecule has 3 aliphatic heterocycles. The zero-order chi connectivity index (χ0) is 28.7. The summed E-state index contributed by atoms with van der Waals surface area (Å²) >= 11 is 3.63. The SMILES string of the molecule is C=CCCC(=O)NC[C@H](C)OC(=O)[C@@H]1[C@H]2O[C@@]3(CC2Br)[C@H](C(=O)N(CC=C)CCCCC)N(CCO)C(=O)[C@@H]13. The van der Waals surface area contributed by atoms with E-state index in [1.54, 1.807) is 24.0 Å². The summed E-state index contributed by atoms with van der Waals surface area (Å²) in [6, 6.07) is -0.965. The number of carbonyl (C=O) groups is 4. The summed E-state index contributed by atoms with van der Waals surface area (Å²) in [6.07, 6.45) is 6.04. The molecular formula is C28H42BrN3O7. The van der Waals surface area contributed by atoms with E-state index in [0.717, 1.165) is 19.3 Å². The number of esters is 1. The molecule has 11 heteroatoms. The lowest BCUT2D eigenvalue weighted by atomic mass is 9.70. The second-order valence-electron chi connectivity index (χ2n) is 10.6. The van der Waals surface area contributed by atoms with Gasteiger partial charge in [-0.25, -0.2) is 0 Å². The lowest BCUT2D eigenvalue weighted by Crippen LogP contribution is -2.57. The van der Waals surface area contributed by atoms with Crippen LogP contribution in [0.4, 0.5) is 0 Å². The zero-order valence-corrected chi connectivity index (χ0v) is 24.6. The van der Waals surface area contributed by atoms with E-state index < -0.39 is 41.7 Å². The predicted octanol–water partition coefficient (Wildman–Crippen LogP) is 1.95. The fourth-order valence-corrected chi connectivity index (χ4v) is 7.04. The molecule has 0 radical (unpaired) electrons. The number of ether oxygens (including phenoxy) is 2. The number of hydrogen-bond donors (Lipinski definition) is 2. The largest absolute Gasteiger partial charge is 0.460 e. The maximum absolute atomic E-state index is 14.0. The van der Waals surface area contributed by atoms with Gasteiger partial charge in [-0.3, -0.25) is 19.2 Å². The summed E-state index contributed by atoms with van der Waals surface area (Å²) in [4.78, 5) is 56.0. The van der Waals surface area contributed by atoms with Crippen LogP contribution in [0.1, 0.15) is 52.4 Å². The molecule has 39 heavy (non-hydrogen) atoms. The molecule has 2 bridgehead atoms.